The average molecular weight is 624 g/mol. The summed E-state index contributed by atoms with van der Waals surface area (Å²) in [5.41, 5.74) is 4.84. The fourth-order valence-corrected chi connectivity index (χ4v) is 7.89. The summed E-state index contributed by atoms with van der Waals surface area (Å²) in [7, 11) is 0. The van der Waals surface area contributed by atoms with E-state index in [1.807, 2.05) is 26.8 Å². The minimum Gasteiger partial charge on any atom is -0.508 e. The van der Waals surface area contributed by atoms with Crippen LogP contribution in [0.1, 0.15) is 85.1 Å². The number of ketones is 1. The molecule has 4 aliphatic rings. The lowest BCUT2D eigenvalue weighted by atomic mass is 9.77. The van der Waals surface area contributed by atoms with Gasteiger partial charge in [0.1, 0.15) is 23.9 Å². The second-order valence-electron chi connectivity index (χ2n) is 15.5. The Morgan fingerprint density at radius 2 is 1.71 bits per heavy atom. The molecule has 1 unspecified atom stereocenters. The molecule has 6 N–H and O–H groups in total. The molecule has 45 heavy (non-hydrogen) atoms. The molecule has 1 aliphatic heterocycles. The van der Waals surface area contributed by atoms with Gasteiger partial charge in [0.25, 0.3) is 5.91 Å². The van der Waals surface area contributed by atoms with Gasteiger partial charge in [0.2, 0.25) is 17.6 Å². The molecule has 11 nitrogen and oxygen atoms in total. The fourth-order valence-electron chi connectivity index (χ4n) is 7.89. The molecule has 4 fully saturated rings. The summed E-state index contributed by atoms with van der Waals surface area (Å²) in [6, 6.07) is 3.87. The number of rotatable bonds is 10. The fraction of sp³-hybridized carbons (Fsp3) is 0.676. The smallest absolute Gasteiger partial charge is 0.315 e. The van der Waals surface area contributed by atoms with Gasteiger partial charge >= 0.3 is 6.03 Å². The predicted octanol–water partition coefficient (Wildman–Crippen LogP) is 2.78. The zero-order valence-electron chi connectivity index (χ0n) is 27.2. The first kappa shape index (κ1) is 32.8. The molecule has 1 heterocycles. The maximum atomic E-state index is 14.3. The summed E-state index contributed by atoms with van der Waals surface area (Å²) in [6.45, 7) is 10.1. The van der Waals surface area contributed by atoms with E-state index in [0.29, 0.717) is 25.8 Å². The molecule has 5 amide bonds. The first-order chi connectivity index (χ1) is 21.0. The third kappa shape index (κ3) is 6.82. The van der Waals surface area contributed by atoms with E-state index in [1.54, 1.807) is 23.1 Å². The van der Waals surface area contributed by atoms with Crippen LogP contribution in [0.5, 0.6) is 5.75 Å². The normalized spacial score (nSPS) is 26.2. The maximum absolute atomic E-state index is 14.3. The van der Waals surface area contributed by atoms with Crippen LogP contribution in [-0.4, -0.2) is 69.8 Å². The molecule has 3 aliphatic carbocycles. The van der Waals surface area contributed by atoms with Crippen molar-refractivity contribution in [2.45, 2.75) is 110 Å². The molecule has 3 saturated carbocycles. The molecule has 1 aromatic rings. The number of nitrogens with two attached hydrogens (primary N) is 1. The number of primary amides is 1. The number of benzene rings is 1. The largest absolute Gasteiger partial charge is 0.508 e. The number of aromatic hydroxyl groups is 1. The van der Waals surface area contributed by atoms with Crippen molar-refractivity contribution in [3.63, 3.8) is 0 Å². The third-order valence-corrected chi connectivity index (χ3v) is 10.7. The van der Waals surface area contributed by atoms with Crippen LogP contribution in [0.3, 0.4) is 0 Å². The van der Waals surface area contributed by atoms with Gasteiger partial charge in [-0.1, -0.05) is 66.0 Å². The van der Waals surface area contributed by atoms with Gasteiger partial charge in [-0.25, -0.2) is 4.79 Å². The number of piperidine rings is 1. The first-order valence-electron chi connectivity index (χ1n) is 16.4. The molecule has 0 bridgehead atoms. The number of hydrogen-bond acceptors (Lipinski definition) is 6. The monoisotopic (exact) mass is 623 g/mol. The molecule has 246 valence electrons. The number of phenols is 1. The van der Waals surface area contributed by atoms with Crippen LogP contribution in [0.2, 0.25) is 0 Å². The van der Waals surface area contributed by atoms with Crippen molar-refractivity contribution in [3.8, 4) is 5.75 Å². The van der Waals surface area contributed by atoms with Crippen LogP contribution in [-0.2, 0) is 25.6 Å². The van der Waals surface area contributed by atoms with Crippen LogP contribution >= 0.6 is 0 Å². The maximum Gasteiger partial charge on any atom is 0.315 e. The number of nitrogens with one attached hydrogen (secondary N) is 3. The summed E-state index contributed by atoms with van der Waals surface area (Å²) >= 11 is 0. The van der Waals surface area contributed by atoms with Crippen LogP contribution in [0.25, 0.3) is 0 Å². The highest BCUT2D eigenvalue weighted by atomic mass is 16.3. The highest BCUT2D eigenvalue weighted by molar-refractivity contribution is 6.38. The van der Waals surface area contributed by atoms with Crippen LogP contribution < -0.4 is 21.7 Å². The highest BCUT2D eigenvalue weighted by Crippen LogP contribution is 2.65. The zero-order valence-corrected chi connectivity index (χ0v) is 27.2. The van der Waals surface area contributed by atoms with Crippen molar-refractivity contribution in [1.82, 2.24) is 20.9 Å². The van der Waals surface area contributed by atoms with E-state index < -0.39 is 52.7 Å². The SMILES string of the molecule is CC(C)(C)[C@H](NC(=O)NC1(Cc2cccc(O)c2)CCCCC1)C(=O)N1C[C@H]2[C@@H]([C@H]1C(=O)NC(C(=O)C(N)=O)C1CC1)C2(C)C. The quantitative estimate of drug-likeness (QED) is 0.251. The van der Waals surface area contributed by atoms with E-state index in [0.717, 1.165) is 37.7 Å². The van der Waals surface area contributed by atoms with Gasteiger partial charge in [-0.2, -0.15) is 0 Å². The number of carbonyl (C=O) groups excluding carboxylic acids is 5. The Morgan fingerprint density at radius 1 is 1.04 bits per heavy atom. The Morgan fingerprint density at radius 3 is 2.29 bits per heavy atom. The van der Waals surface area contributed by atoms with Crippen molar-refractivity contribution >= 4 is 29.5 Å². The minimum atomic E-state index is -1.08. The lowest BCUT2D eigenvalue weighted by molar-refractivity contribution is -0.145. The number of nitrogens with zero attached hydrogens (tertiary/aromatic N) is 1. The van der Waals surface area contributed by atoms with Crippen molar-refractivity contribution in [3.05, 3.63) is 29.8 Å². The number of Topliss-reactive ketones (excluding diaryl/α,β-unsaturated/α-hetero) is 1. The molecular formula is C34H49N5O6. The number of fused-ring (bicyclic) bond motifs is 1. The number of phenolic OH excluding ortho intramolecular Hbond substituents is 1. The summed E-state index contributed by atoms with van der Waals surface area (Å²) in [4.78, 5) is 67.7. The third-order valence-electron chi connectivity index (χ3n) is 10.7. The first-order valence-corrected chi connectivity index (χ1v) is 16.4. The van der Waals surface area contributed by atoms with E-state index in [9.17, 15) is 29.1 Å². The second kappa shape index (κ2) is 11.9. The van der Waals surface area contributed by atoms with E-state index >= 15 is 0 Å². The van der Waals surface area contributed by atoms with Gasteiger partial charge in [0, 0.05) is 12.1 Å². The zero-order chi connectivity index (χ0) is 32.9. The van der Waals surface area contributed by atoms with Crippen LogP contribution in [0, 0.1) is 28.6 Å². The van der Waals surface area contributed by atoms with E-state index in [1.165, 1.54) is 0 Å². The van der Waals surface area contributed by atoms with E-state index in [4.69, 9.17) is 5.73 Å². The lowest BCUT2D eigenvalue weighted by Gasteiger charge is -2.41. The van der Waals surface area contributed by atoms with Crippen molar-refractivity contribution in [1.29, 1.82) is 0 Å². The molecule has 0 aromatic heterocycles. The Balaban J connectivity index is 1.34. The number of amides is 5. The molecular weight excluding hydrogens is 574 g/mol. The van der Waals surface area contributed by atoms with Crippen molar-refractivity contribution in [2.24, 2.45) is 34.3 Å². The number of urea groups is 1. The number of likely N-dealkylation sites (tertiary alicyclic amines) is 1. The number of hydrogen-bond donors (Lipinski definition) is 5. The summed E-state index contributed by atoms with van der Waals surface area (Å²) in [5, 5.41) is 19.0. The van der Waals surface area contributed by atoms with Gasteiger partial charge in [-0.15, -0.1) is 0 Å². The van der Waals surface area contributed by atoms with Gasteiger partial charge in [-0.05, 0) is 78.4 Å². The van der Waals surface area contributed by atoms with Gasteiger partial charge in [0.15, 0.2) is 0 Å². The molecule has 5 rings (SSSR count). The molecule has 0 radical (unpaired) electrons. The van der Waals surface area contributed by atoms with Crippen molar-refractivity contribution < 1.29 is 29.1 Å². The predicted molar refractivity (Wildman–Crippen MR) is 168 cm³/mol. The van der Waals surface area contributed by atoms with Gasteiger partial charge in [0.05, 0.1) is 0 Å². The Kier molecular flexibility index (Phi) is 8.70. The van der Waals surface area contributed by atoms with Gasteiger partial charge < -0.3 is 31.7 Å². The number of carbonyl (C=O) groups is 5. The molecule has 1 aromatic carbocycles. The van der Waals surface area contributed by atoms with E-state index in [2.05, 4.69) is 29.8 Å². The van der Waals surface area contributed by atoms with Gasteiger partial charge in [-0.3, -0.25) is 19.2 Å². The molecule has 0 spiro atoms. The van der Waals surface area contributed by atoms with Crippen LogP contribution in [0.4, 0.5) is 4.79 Å². The van der Waals surface area contributed by atoms with Crippen LogP contribution in [0.15, 0.2) is 24.3 Å². The van der Waals surface area contributed by atoms with Crippen molar-refractivity contribution in [2.75, 3.05) is 6.54 Å². The minimum absolute atomic E-state index is 0.102. The summed E-state index contributed by atoms with van der Waals surface area (Å²) in [5.74, 6) is -2.68. The summed E-state index contributed by atoms with van der Waals surface area (Å²) < 4.78 is 0. The second-order valence-corrected chi connectivity index (χ2v) is 15.5. The Labute approximate surface area is 265 Å². The molecule has 5 atom stereocenters. The Bertz CT molecular complexity index is 1360. The standard InChI is InChI=1S/C34H49N5O6/c1-32(2,3)27(37-31(45)38-34(14-7-6-8-15-34)17-19-10-9-11-21(40)16-19)30(44)39-18-22-23(33(22,4)5)25(39)29(43)36-24(20-12-13-20)26(41)28(35)42/h9-11,16,20,22-25,27,40H,6-8,12-15,17-18H2,1-5H3,(H2,35,42)(H,36,43)(H2,37,38,45)/t22-,23-,24?,25-,27+/m0/s1. The molecule has 1 saturated heterocycles. The average Bonchev–Trinajstić information content (AvgIpc) is 3.82. The Hall–Kier alpha value is -3.63. The van der Waals surface area contributed by atoms with E-state index in [-0.39, 0.29) is 34.8 Å². The highest BCUT2D eigenvalue weighted by Gasteiger charge is 2.70. The molecule has 11 heteroatoms. The summed E-state index contributed by atoms with van der Waals surface area (Å²) in [6.07, 6.45) is 6.56. The topological polar surface area (TPSA) is 171 Å². The lowest BCUT2D eigenvalue weighted by Crippen LogP contribution is -2.63.